The second-order valence-electron chi connectivity index (χ2n) is 3.47. The van der Waals surface area contributed by atoms with Gasteiger partial charge < -0.3 is 4.98 Å². The Labute approximate surface area is 104 Å². The van der Waals surface area contributed by atoms with E-state index in [1.165, 1.54) is 17.9 Å². The second kappa shape index (κ2) is 4.52. The van der Waals surface area contributed by atoms with Crippen LogP contribution in [0.5, 0.6) is 0 Å². The van der Waals surface area contributed by atoms with Crippen LogP contribution in [0.15, 0.2) is 29.7 Å². The lowest BCUT2D eigenvalue weighted by Gasteiger charge is -2.06. The quantitative estimate of drug-likeness (QED) is 0.869. The predicted molar refractivity (Wildman–Crippen MR) is 63.0 cm³/mol. The first-order valence-corrected chi connectivity index (χ1v) is 6.65. The standard InChI is InChI=1S/C9H11ClN4O2S/c1-14-9(8(10)6-12-14)17(15,16)13-5-7-2-3-11-4-7/h2-4,6,11,13H,5H2,1H3. The lowest BCUT2D eigenvalue weighted by molar-refractivity contribution is 0.563. The van der Waals surface area contributed by atoms with Crippen molar-refractivity contribution in [2.75, 3.05) is 0 Å². The number of hydrogen-bond acceptors (Lipinski definition) is 3. The molecule has 2 N–H and O–H groups in total. The van der Waals surface area contributed by atoms with Crippen LogP contribution in [0, 0.1) is 0 Å². The molecule has 2 aromatic heterocycles. The van der Waals surface area contributed by atoms with Gasteiger partial charge in [0, 0.05) is 26.0 Å². The average molecular weight is 275 g/mol. The molecule has 0 aliphatic heterocycles. The van der Waals surface area contributed by atoms with Gasteiger partial charge in [-0.05, 0) is 11.6 Å². The van der Waals surface area contributed by atoms with E-state index in [1.54, 1.807) is 18.5 Å². The van der Waals surface area contributed by atoms with E-state index in [-0.39, 0.29) is 16.6 Å². The number of nitrogens with one attached hydrogen (secondary N) is 2. The minimum absolute atomic E-state index is 0.0327. The summed E-state index contributed by atoms with van der Waals surface area (Å²) < 4.78 is 27.6. The van der Waals surface area contributed by atoms with E-state index in [9.17, 15) is 8.42 Å². The Hall–Kier alpha value is -1.31. The Morgan fingerprint density at radius 2 is 2.35 bits per heavy atom. The molecule has 0 amide bonds. The van der Waals surface area contributed by atoms with Crippen molar-refractivity contribution in [2.24, 2.45) is 7.05 Å². The van der Waals surface area contributed by atoms with Gasteiger partial charge in [0.25, 0.3) is 10.0 Å². The van der Waals surface area contributed by atoms with Crippen LogP contribution in [0.25, 0.3) is 0 Å². The van der Waals surface area contributed by atoms with Crippen molar-refractivity contribution in [1.82, 2.24) is 19.5 Å². The van der Waals surface area contributed by atoms with Gasteiger partial charge in [-0.2, -0.15) is 5.10 Å². The van der Waals surface area contributed by atoms with Crippen LogP contribution in [-0.2, 0) is 23.6 Å². The van der Waals surface area contributed by atoms with Crippen molar-refractivity contribution in [1.29, 1.82) is 0 Å². The molecule has 6 nitrogen and oxygen atoms in total. The molecule has 0 saturated carbocycles. The maximum atomic E-state index is 12.0. The number of H-pyrrole nitrogens is 1. The Morgan fingerprint density at radius 1 is 1.59 bits per heavy atom. The molecule has 2 rings (SSSR count). The molecule has 17 heavy (non-hydrogen) atoms. The van der Waals surface area contributed by atoms with Gasteiger partial charge in [0.2, 0.25) is 0 Å². The molecule has 2 aromatic rings. The van der Waals surface area contributed by atoms with E-state index in [0.29, 0.717) is 0 Å². The Morgan fingerprint density at radius 3 is 2.88 bits per heavy atom. The molecule has 0 radical (unpaired) electrons. The molecule has 0 spiro atoms. The van der Waals surface area contributed by atoms with Crippen molar-refractivity contribution in [2.45, 2.75) is 11.6 Å². The van der Waals surface area contributed by atoms with Gasteiger partial charge in [-0.25, -0.2) is 13.1 Å². The molecular formula is C9H11ClN4O2S. The zero-order chi connectivity index (χ0) is 12.5. The highest BCUT2D eigenvalue weighted by atomic mass is 35.5. The van der Waals surface area contributed by atoms with E-state index in [4.69, 9.17) is 11.6 Å². The SMILES string of the molecule is Cn1ncc(Cl)c1S(=O)(=O)NCc1cc[nH]c1. The smallest absolute Gasteiger partial charge is 0.259 e. The van der Waals surface area contributed by atoms with Crippen molar-refractivity contribution in [3.05, 3.63) is 35.2 Å². The number of hydrogen-bond donors (Lipinski definition) is 2. The fourth-order valence-corrected chi connectivity index (χ4v) is 3.09. The molecule has 0 aromatic carbocycles. The van der Waals surface area contributed by atoms with Gasteiger partial charge in [-0.1, -0.05) is 11.6 Å². The molecule has 0 aliphatic carbocycles. The van der Waals surface area contributed by atoms with Crippen molar-refractivity contribution in [3.63, 3.8) is 0 Å². The highest BCUT2D eigenvalue weighted by molar-refractivity contribution is 7.89. The summed E-state index contributed by atoms with van der Waals surface area (Å²) in [6.07, 6.45) is 4.74. The first-order valence-electron chi connectivity index (χ1n) is 4.79. The topological polar surface area (TPSA) is 79.8 Å². The predicted octanol–water partition coefficient (Wildman–Crippen LogP) is 0.880. The fourth-order valence-electron chi connectivity index (χ4n) is 1.42. The largest absolute Gasteiger partial charge is 0.367 e. The van der Waals surface area contributed by atoms with Gasteiger partial charge in [0.15, 0.2) is 5.03 Å². The molecule has 0 atom stereocenters. The zero-order valence-electron chi connectivity index (χ0n) is 9.01. The van der Waals surface area contributed by atoms with Crippen LogP contribution in [0.1, 0.15) is 5.56 Å². The highest BCUT2D eigenvalue weighted by Crippen LogP contribution is 2.19. The normalized spacial score (nSPS) is 11.9. The van der Waals surface area contributed by atoms with Crippen LogP contribution in [0.2, 0.25) is 5.02 Å². The monoisotopic (exact) mass is 274 g/mol. The summed E-state index contributed by atoms with van der Waals surface area (Å²) in [7, 11) is -2.13. The number of aromatic amines is 1. The van der Waals surface area contributed by atoms with Crippen LogP contribution in [0.4, 0.5) is 0 Å². The highest BCUT2D eigenvalue weighted by Gasteiger charge is 2.22. The zero-order valence-corrected chi connectivity index (χ0v) is 10.6. The molecule has 2 heterocycles. The molecular weight excluding hydrogens is 264 g/mol. The third-order valence-electron chi connectivity index (χ3n) is 2.23. The lowest BCUT2D eigenvalue weighted by atomic mass is 10.4. The molecule has 0 fully saturated rings. The van der Waals surface area contributed by atoms with E-state index in [1.807, 2.05) is 0 Å². The van der Waals surface area contributed by atoms with Gasteiger partial charge >= 0.3 is 0 Å². The van der Waals surface area contributed by atoms with Crippen LogP contribution in [0.3, 0.4) is 0 Å². The molecule has 0 bridgehead atoms. The first-order chi connectivity index (χ1) is 8.00. The van der Waals surface area contributed by atoms with Gasteiger partial charge in [-0.15, -0.1) is 0 Å². The van der Waals surface area contributed by atoms with Crippen LogP contribution >= 0.6 is 11.6 Å². The number of sulfonamides is 1. The number of halogens is 1. The van der Waals surface area contributed by atoms with E-state index in [2.05, 4.69) is 14.8 Å². The minimum atomic E-state index is -3.65. The summed E-state index contributed by atoms with van der Waals surface area (Å²) in [5.41, 5.74) is 0.840. The van der Waals surface area contributed by atoms with E-state index in [0.717, 1.165) is 5.56 Å². The summed E-state index contributed by atoms with van der Waals surface area (Å²) in [4.78, 5) is 2.85. The maximum Gasteiger partial charge on any atom is 0.259 e. The minimum Gasteiger partial charge on any atom is -0.367 e. The molecule has 0 saturated heterocycles. The van der Waals surface area contributed by atoms with Gasteiger partial charge in [0.1, 0.15) is 0 Å². The van der Waals surface area contributed by atoms with Crippen molar-refractivity contribution >= 4 is 21.6 Å². The summed E-state index contributed by atoms with van der Waals surface area (Å²) >= 11 is 5.78. The summed E-state index contributed by atoms with van der Waals surface area (Å²) in [5, 5.41) is 3.86. The summed E-state index contributed by atoms with van der Waals surface area (Å²) in [6.45, 7) is 0.202. The Balaban J connectivity index is 2.20. The van der Waals surface area contributed by atoms with Crippen LogP contribution < -0.4 is 4.72 Å². The number of nitrogens with zero attached hydrogens (tertiary/aromatic N) is 2. The first kappa shape index (κ1) is 12.2. The molecule has 92 valence electrons. The third-order valence-corrected chi connectivity index (χ3v) is 4.13. The summed E-state index contributed by atoms with van der Waals surface area (Å²) in [6, 6.07) is 1.79. The summed E-state index contributed by atoms with van der Waals surface area (Å²) in [5.74, 6) is 0. The average Bonchev–Trinajstić information content (AvgIpc) is 2.86. The van der Waals surface area contributed by atoms with Crippen molar-refractivity contribution < 1.29 is 8.42 Å². The number of aryl methyl sites for hydroxylation is 1. The van der Waals surface area contributed by atoms with Crippen LogP contribution in [-0.4, -0.2) is 23.2 Å². The van der Waals surface area contributed by atoms with Gasteiger partial charge in [0.05, 0.1) is 11.2 Å². The Bertz CT molecular complexity index is 583. The third kappa shape index (κ3) is 2.51. The lowest BCUT2D eigenvalue weighted by Crippen LogP contribution is -2.25. The van der Waals surface area contributed by atoms with E-state index < -0.39 is 10.0 Å². The Kier molecular flexibility index (Phi) is 3.23. The molecule has 0 aliphatic rings. The second-order valence-corrected chi connectivity index (χ2v) is 5.55. The number of rotatable bonds is 4. The fraction of sp³-hybridized carbons (Fsp3) is 0.222. The van der Waals surface area contributed by atoms with Gasteiger partial charge in [-0.3, -0.25) is 4.68 Å². The number of aromatic nitrogens is 3. The maximum absolute atomic E-state index is 12.0. The molecule has 0 unspecified atom stereocenters. The molecule has 8 heteroatoms. The van der Waals surface area contributed by atoms with E-state index >= 15 is 0 Å². The van der Waals surface area contributed by atoms with Crippen molar-refractivity contribution in [3.8, 4) is 0 Å².